The lowest BCUT2D eigenvalue weighted by molar-refractivity contribution is -0.133. The number of alkyl halides is 2. The van der Waals surface area contributed by atoms with Gasteiger partial charge in [0.05, 0.1) is 29.6 Å². The van der Waals surface area contributed by atoms with Crippen LogP contribution < -0.4 is 16.0 Å². The first-order valence-electron chi connectivity index (χ1n) is 12.4. The fourth-order valence-corrected chi connectivity index (χ4v) is 7.47. The first-order chi connectivity index (χ1) is 15.4. The minimum atomic E-state index is -1.00. The lowest BCUT2D eigenvalue weighted by Crippen LogP contribution is -2.76. The van der Waals surface area contributed by atoms with E-state index in [1.54, 1.807) is 0 Å². The third-order valence-electron chi connectivity index (χ3n) is 8.55. The summed E-state index contributed by atoms with van der Waals surface area (Å²) >= 11 is 6.81. The molecule has 180 valence electrons. The predicted octanol–water partition coefficient (Wildman–Crippen LogP) is 2.38. The highest BCUT2D eigenvalue weighted by Gasteiger charge is 2.56. The van der Waals surface area contributed by atoms with Crippen molar-refractivity contribution in [3.05, 3.63) is 0 Å². The first kappa shape index (κ1) is 22.8. The molecule has 3 N–H and O–H groups in total. The van der Waals surface area contributed by atoms with Gasteiger partial charge in [-0.25, -0.2) is 9.18 Å². The van der Waals surface area contributed by atoms with E-state index in [-0.39, 0.29) is 48.0 Å². The number of hydrogen-bond acceptors (Lipinski definition) is 5. The second kappa shape index (κ2) is 9.01. The molecule has 4 heterocycles. The minimum absolute atomic E-state index is 0.0747. The van der Waals surface area contributed by atoms with Crippen molar-refractivity contribution in [3.63, 3.8) is 0 Å². The highest BCUT2D eigenvalue weighted by molar-refractivity contribution is 6.21. The number of nitrogens with zero attached hydrogens (tertiary/aromatic N) is 1. The number of imide groups is 1. The van der Waals surface area contributed by atoms with Gasteiger partial charge in [0, 0.05) is 24.6 Å². The van der Waals surface area contributed by atoms with Crippen molar-refractivity contribution in [1.29, 1.82) is 0 Å². The van der Waals surface area contributed by atoms with Crippen LogP contribution >= 0.6 is 11.6 Å². The number of ether oxygens (including phenoxy) is 1. The van der Waals surface area contributed by atoms with Gasteiger partial charge in [0.25, 0.3) is 0 Å². The van der Waals surface area contributed by atoms with Crippen LogP contribution in [0.1, 0.15) is 52.4 Å². The van der Waals surface area contributed by atoms with Gasteiger partial charge in [0.2, 0.25) is 5.91 Å². The number of fused-ring (bicyclic) bond motifs is 5. The molecule has 9 heteroatoms. The maximum Gasteiger partial charge on any atom is 0.325 e. The summed E-state index contributed by atoms with van der Waals surface area (Å²) in [5.41, 5.74) is 0. The van der Waals surface area contributed by atoms with Gasteiger partial charge in [0.15, 0.2) is 0 Å². The van der Waals surface area contributed by atoms with Gasteiger partial charge >= 0.3 is 6.03 Å². The smallest absolute Gasteiger partial charge is 0.325 e. The Kier molecular flexibility index (Phi) is 6.42. The monoisotopic (exact) mass is 470 g/mol. The lowest BCUT2D eigenvalue weighted by atomic mass is 9.74. The molecule has 1 aliphatic carbocycles. The highest BCUT2D eigenvalue weighted by Crippen LogP contribution is 2.42. The van der Waals surface area contributed by atoms with Crippen molar-refractivity contribution in [2.24, 2.45) is 23.7 Å². The van der Waals surface area contributed by atoms with Crippen molar-refractivity contribution in [3.8, 4) is 0 Å². The standard InChI is InChI=1S/C23H36ClFN4O3/c1-11(2)18-20-12(6-8-26-18)7-9-32-16-5-3-4-15(25)17(16)19-14(24)10-13-21(27-19)29(20)23(31)28-22(13)30/h11-21,26-27H,3-10H2,1-2H3,(H,28,30,31). The first-order valence-corrected chi connectivity index (χ1v) is 12.8. The number of nitrogens with one attached hydrogen (secondary N) is 3. The fourth-order valence-electron chi connectivity index (χ4n) is 7.04. The molecule has 4 saturated heterocycles. The summed E-state index contributed by atoms with van der Waals surface area (Å²) in [5, 5.41) is 9.38. The summed E-state index contributed by atoms with van der Waals surface area (Å²) in [6.07, 6.45) is 2.67. The predicted molar refractivity (Wildman–Crippen MR) is 119 cm³/mol. The Balaban J connectivity index is 1.57. The Morgan fingerprint density at radius 1 is 1.19 bits per heavy atom. The van der Waals surface area contributed by atoms with Gasteiger partial charge < -0.3 is 15.0 Å². The zero-order valence-corrected chi connectivity index (χ0v) is 19.7. The SMILES string of the molecule is CC(C)C1NCCC2CCOC3CCCC(F)C3C3NC4C(CC3Cl)C(=O)NC(=O)N4C21. The average molecular weight is 471 g/mol. The van der Waals surface area contributed by atoms with Gasteiger partial charge in [-0.1, -0.05) is 13.8 Å². The van der Waals surface area contributed by atoms with E-state index in [1.807, 2.05) is 4.90 Å². The maximum atomic E-state index is 15.3. The largest absolute Gasteiger partial charge is 0.378 e. The molecular formula is C23H36ClFN4O3. The van der Waals surface area contributed by atoms with Crippen LogP contribution in [-0.2, 0) is 9.53 Å². The van der Waals surface area contributed by atoms with E-state index >= 15 is 4.39 Å². The molecule has 10 unspecified atom stereocenters. The molecule has 0 aromatic rings. The molecule has 5 rings (SSSR count). The number of hydrogen-bond donors (Lipinski definition) is 3. The van der Waals surface area contributed by atoms with E-state index in [0.717, 1.165) is 32.2 Å². The maximum absolute atomic E-state index is 15.3. The summed E-state index contributed by atoms with van der Waals surface area (Å²) in [5.74, 6) is -0.525. The van der Waals surface area contributed by atoms with Crippen molar-refractivity contribution in [2.75, 3.05) is 13.2 Å². The zero-order chi connectivity index (χ0) is 22.6. The lowest BCUT2D eigenvalue weighted by Gasteiger charge is -2.55. The second-order valence-electron chi connectivity index (χ2n) is 10.7. The summed E-state index contributed by atoms with van der Waals surface area (Å²) < 4.78 is 21.6. The Labute approximate surface area is 194 Å². The normalized spacial score (nSPS) is 47.2. The van der Waals surface area contributed by atoms with Gasteiger partial charge in [0.1, 0.15) is 6.17 Å². The van der Waals surface area contributed by atoms with Crippen molar-refractivity contribution < 1.29 is 18.7 Å². The van der Waals surface area contributed by atoms with E-state index in [9.17, 15) is 9.59 Å². The molecule has 3 amide bonds. The molecule has 0 aromatic heterocycles. The number of rotatable bonds is 1. The van der Waals surface area contributed by atoms with Crippen LogP contribution in [0.3, 0.4) is 0 Å². The molecule has 5 fully saturated rings. The average Bonchev–Trinajstić information content (AvgIpc) is 2.77. The second-order valence-corrected chi connectivity index (χ2v) is 11.2. The minimum Gasteiger partial charge on any atom is -0.378 e. The van der Waals surface area contributed by atoms with E-state index in [0.29, 0.717) is 25.4 Å². The van der Waals surface area contributed by atoms with Gasteiger partial charge in [-0.2, -0.15) is 0 Å². The van der Waals surface area contributed by atoms with E-state index in [2.05, 4.69) is 29.8 Å². The topological polar surface area (TPSA) is 82.7 Å². The van der Waals surface area contributed by atoms with Crippen molar-refractivity contribution >= 4 is 23.5 Å². The Morgan fingerprint density at radius 3 is 2.78 bits per heavy atom. The highest BCUT2D eigenvalue weighted by atomic mass is 35.5. The van der Waals surface area contributed by atoms with Crippen LogP contribution in [0.15, 0.2) is 0 Å². The molecular weight excluding hydrogens is 435 g/mol. The quantitative estimate of drug-likeness (QED) is 0.512. The molecule has 7 nitrogen and oxygen atoms in total. The Bertz CT molecular complexity index is 742. The molecule has 1 saturated carbocycles. The molecule has 10 atom stereocenters. The number of carbonyl (C=O) groups excluding carboxylic acids is 2. The summed E-state index contributed by atoms with van der Waals surface area (Å²) in [7, 11) is 0. The van der Waals surface area contributed by atoms with Crippen LogP contribution in [0.5, 0.6) is 0 Å². The van der Waals surface area contributed by atoms with Crippen molar-refractivity contribution in [2.45, 2.75) is 94.3 Å². The summed E-state index contributed by atoms with van der Waals surface area (Å²) in [6, 6.07) is -0.657. The third-order valence-corrected chi connectivity index (χ3v) is 9.00. The zero-order valence-electron chi connectivity index (χ0n) is 18.9. The van der Waals surface area contributed by atoms with E-state index in [4.69, 9.17) is 16.3 Å². The molecule has 2 bridgehead atoms. The van der Waals surface area contributed by atoms with Gasteiger partial charge in [-0.05, 0) is 56.9 Å². The van der Waals surface area contributed by atoms with Crippen molar-refractivity contribution in [1.82, 2.24) is 20.9 Å². The van der Waals surface area contributed by atoms with Gasteiger partial charge in [-0.3, -0.25) is 15.4 Å². The fraction of sp³-hybridized carbons (Fsp3) is 0.913. The number of halogens is 2. The van der Waals surface area contributed by atoms with E-state index < -0.39 is 23.6 Å². The molecule has 0 spiro atoms. The molecule has 32 heavy (non-hydrogen) atoms. The Hall–Kier alpha value is -0.960. The molecule has 5 aliphatic rings. The van der Waals surface area contributed by atoms with E-state index in [1.165, 1.54) is 0 Å². The molecule has 0 radical (unpaired) electrons. The molecule has 0 aromatic carbocycles. The third kappa shape index (κ3) is 3.85. The number of urea groups is 1. The van der Waals surface area contributed by atoms with Gasteiger partial charge in [-0.15, -0.1) is 11.6 Å². The number of carbonyl (C=O) groups is 2. The summed E-state index contributed by atoms with van der Waals surface area (Å²) in [6.45, 7) is 5.79. The Morgan fingerprint density at radius 2 is 2.00 bits per heavy atom. The number of piperidine rings is 2. The summed E-state index contributed by atoms with van der Waals surface area (Å²) in [4.78, 5) is 28.0. The van der Waals surface area contributed by atoms with Crippen LogP contribution in [-0.4, -0.2) is 71.9 Å². The van der Waals surface area contributed by atoms with Crippen LogP contribution in [0, 0.1) is 23.7 Å². The number of amides is 3. The van der Waals surface area contributed by atoms with Crippen LogP contribution in [0.2, 0.25) is 0 Å². The van der Waals surface area contributed by atoms with Crippen LogP contribution in [0.25, 0.3) is 0 Å². The molecule has 4 aliphatic heterocycles. The van der Waals surface area contributed by atoms with Crippen LogP contribution in [0.4, 0.5) is 9.18 Å².